The molecule has 0 aliphatic heterocycles. The third-order valence-electron chi connectivity index (χ3n) is 4.22. The van der Waals surface area contributed by atoms with Gasteiger partial charge < -0.3 is 0 Å². The number of unbranched alkanes of at least 4 members (excludes halogenated alkanes) is 1. The average Bonchev–Trinajstić information content (AvgIpc) is 2.61. The van der Waals surface area contributed by atoms with E-state index in [0.717, 1.165) is 47.6 Å². The summed E-state index contributed by atoms with van der Waals surface area (Å²) < 4.78 is 0. The Morgan fingerprint density at radius 2 is 1.17 bits per heavy atom. The first-order valence-corrected chi connectivity index (χ1v) is 8.68. The monoisotopic (exact) mass is 316 g/mol. The zero-order valence-electron chi connectivity index (χ0n) is 14.7. The molecule has 3 aromatic rings. The molecule has 0 fully saturated rings. The highest BCUT2D eigenvalue weighted by Crippen LogP contribution is 2.25. The second-order valence-corrected chi connectivity index (χ2v) is 6.39. The van der Waals surface area contributed by atoms with Crippen molar-refractivity contribution in [1.82, 2.24) is 9.97 Å². The topological polar surface area (TPSA) is 25.8 Å². The Kier molecular flexibility index (Phi) is 5.05. The maximum atomic E-state index is 4.80. The average molecular weight is 316 g/mol. The van der Waals surface area contributed by atoms with E-state index in [9.17, 15) is 0 Å². The van der Waals surface area contributed by atoms with Crippen LogP contribution in [0.4, 0.5) is 0 Å². The lowest BCUT2D eigenvalue weighted by atomic mass is 10.0. The fourth-order valence-electron chi connectivity index (χ4n) is 2.69. The fourth-order valence-corrected chi connectivity index (χ4v) is 2.69. The molecule has 24 heavy (non-hydrogen) atoms. The lowest BCUT2D eigenvalue weighted by Gasteiger charge is -2.09. The number of aromatic nitrogens is 2. The third kappa shape index (κ3) is 3.88. The molecular weight excluding hydrogens is 292 g/mol. The zero-order valence-corrected chi connectivity index (χ0v) is 14.7. The standard InChI is InChI=1S/C22H24N2/c1-4-5-6-22-23-20(18-11-7-16(2)8-12-18)15-21(24-22)19-13-9-17(3)10-14-19/h7-15H,4-6H2,1-3H3. The first kappa shape index (κ1) is 16.4. The van der Waals surface area contributed by atoms with Crippen LogP contribution in [0.3, 0.4) is 0 Å². The van der Waals surface area contributed by atoms with Crippen LogP contribution in [0.2, 0.25) is 0 Å². The molecule has 1 aromatic heterocycles. The van der Waals surface area contributed by atoms with Gasteiger partial charge in [-0.1, -0.05) is 73.0 Å². The van der Waals surface area contributed by atoms with Crippen LogP contribution in [-0.2, 0) is 6.42 Å². The van der Waals surface area contributed by atoms with Crippen LogP contribution in [0, 0.1) is 13.8 Å². The summed E-state index contributed by atoms with van der Waals surface area (Å²) in [6, 6.07) is 19.2. The van der Waals surface area contributed by atoms with Gasteiger partial charge in [-0.25, -0.2) is 9.97 Å². The van der Waals surface area contributed by atoms with Crippen LogP contribution in [0.1, 0.15) is 36.7 Å². The van der Waals surface area contributed by atoms with Crippen molar-refractivity contribution in [3.8, 4) is 22.5 Å². The van der Waals surface area contributed by atoms with Crippen molar-refractivity contribution in [1.29, 1.82) is 0 Å². The minimum Gasteiger partial charge on any atom is -0.233 e. The van der Waals surface area contributed by atoms with Crippen molar-refractivity contribution >= 4 is 0 Å². The van der Waals surface area contributed by atoms with Gasteiger partial charge in [0.05, 0.1) is 11.4 Å². The number of nitrogens with zero attached hydrogens (tertiary/aromatic N) is 2. The molecule has 3 rings (SSSR count). The molecule has 0 aliphatic carbocycles. The van der Waals surface area contributed by atoms with E-state index in [4.69, 9.17) is 9.97 Å². The van der Waals surface area contributed by atoms with Crippen LogP contribution in [0.25, 0.3) is 22.5 Å². The molecule has 0 amide bonds. The molecule has 0 bridgehead atoms. The lowest BCUT2D eigenvalue weighted by molar-refractivity contribution is 0.754. The Morgan fingerprint density at radius 3 is 1.58 bits per heavy atom. The Balaban J connectivity index is 2.05. The predicted molar refractivity (Wildman–Crippen MR) is 101 cm³/mol. The Bertz CT molecular complexity index is 739. The van der Waals surface area contributed by atoms with Gasteiger partial charge in [0.15, 0.2) is 0 Å². The lowest BCUT2D eigenvalue weighted by Crippen LogP contribution is -1.99. The molecule has 0 spiro atoms. The molecule has 0 radical (unpaired) electrons. The highest BCUT2D eigenvalue weighted by atomic mass is 14.9. The Morgan fingerprint density at radius 1 is 0.708 bits per heavy atom. The highest BCUT2D eigenvalue weighted by molar-refractivity contribution is 5.68. The van der Waals surface area contributed by atoms with Crippen molar-refractivity contribution in [3.05, 3.63) is 71.5 Å². The van der Waals surface area contributed by atoms with Gasteiger partial charge in [0, 0.05) is 17.5 Å². The molecule has 0 N–H and O–H groups in total. The van der Waals surface area contributed by atoms with Crippen LogP contribution < -0.4 is 0 Å². The van der Waals surface area contributed by atoms with Crippen molar-refractivity contribution in [2.75, 3.05) is 0 Å². The van der Waals surface area contributed by atoms with Crippen molar-refractivity contribution in [2.24, 2.45) is 0 Å². The molecule has 0 atom stereocenters. The van der Waals surface area contributed by atoms with E-state index < -0.39 is 0 Å². The SMILES string of the molecule is CCCCc1nc(-c2ccc(C)cc2)cc(-c2ccc(C)cc2)n1. The van der Waals surface area contributed by atoms with Crippen molar-refractivity contribution in [2.45, 2.75) is 40.0 Å². The Hall–Kier alpha value is -2.48. The molecule has 2 heteroatoms. The summed E-state index contributed by atoms with van der Waals surface area (Å²) in [5.41, 5.74) is 6.83. The van der Waals surface area contributed by atoms with E-state index in [2.05, 4.69) is 75.4 Å². The molecule has 1 heterocycles. The maximum Gasteiger partial charge on any atom is 0.129 e. The van der Waals surface area contributed by atoms with E-state index in [0.29, 0.717) is 0 Å². The van der Waals surface area contributed by atoms with Crippen LogP contribution in [-0.4, -0.2) is 9.97 Å². The predicted octanol–water partition coefficient (Wildman–Crippen LogP) is 5.77. The number of hydrogen-bond acceptors (Lipinski definition) is 2. The Labute approximate surface area is 144 Å². The van der Waals surface area contributed by atoms with Gasteiger partial charge in [0.25, 0.3) is 0 Å². The van der Waals surface area contributed by atoms with Crippen LogP contribution >= 0.6 is 0 Å². The number of aryl methyl sites for hydroxylation is 3. The summed E-state index contributed by atoms with van der Waals surface area (Å²) in [5, 5.41) is 0. The minimum absolute atomic E-state index is 0.926. The number of benzene rings is 2. The van der Waals surface area contributed by atoms with Gasteiger partial charge in [-0.2, -0.15) is 0 Å². The number of hydrogen-bond donors (Lipinski definition) is 0. The first-order valence-electron chi connectivity index (χ1n) is 8.68. The number of rotatable bonds is 5. The van der Waals surface area contributed by atoms with E-state index in [1.165, 1.54) is 11.1 Å². The van der Waals surface area contributed by atoms with Gasteiger partial charge in [0.2, 0.25) is 0 Å². The summed E-state index contributed by atoms with van der Waals surface area (Å²) in [7, 11) is 0. The van der Waals surface area contributed by atoms with Gasteiger partial charge in [-0.3, -0.25) is 0 Å². The molecule has 2 aromatic carbocycles. The van der Waals surface area contributed by atoms with Crippen molar-refractivity contribution in [3.63, 3.8) is 0 Å². The molecule has 0 unspecified atom stereocenters. The van der Waals surface area contributed by atoms with E-state index in [1.54, 1.807) is 0 Å². The summed E-state index contributed by atoms with van der Waals surface area (Å²) in [4.78, 5) is 9.61. The van der Waals surface area contributed by atoms with Crippen LogP contribution in [0.5, 0.6) is 0 Å². The second-order valence-electron chi connectivity index (χ2n) is 6.39. The van der Waals surface area contributed by atoms with Gasteiger partial charge >= 0.3 is 0 Å². The third-order valence-corrected chi connectivity index (χ3v) is 4.22. The molecular formula is C22H24N2. The summed E-state index contributed by atoms with van der Waals surface area (Å²) in [5.74, 6) is 0.936. The molecule has 0 saturated carbocycles. The highest BCUT2D eigenvalue weighted by Gasteiger charge is 2.08. The largest absolute Gasteiger partial charge is 0.233 e. The van der Waals surface area contributed by atoms with E-state index >= 15 is 0 Å². The minimum atomic E-state index is 0.926. The second kappa shape index (κ2) is 7.39. The summed E-state index contributed by atoms with van der Waals surface area (Å²) in [6.45, 7) is 6.41. The first-order chi connectivity index (χ1) is 11.7. The van der Waals surface area contributed by atoms with Crippen LogP contribution in [0.15, 0.2) is 54.6 Å². The fraction of sp³-hybridized carbons (Fsp3) is 0.273. The summed E-state index contributed by atoms with van der Waals surface area (Å²) in [6.07, 6.45) is 3.19. The van der Waals surface area contributed by atoms with Crippen molar-refractivity contribution < 1.29 is 0 Å². The quantitative estimate of drug-likeness (QED) is 0.597. The molecule has 0 saturated heterocycles. The van der Waals surface area contributed by atoms with Gasteiger partial charge in [-0.05, 0) is 26.3 Å². The molecule has 0 aliphatic rings. The maximum absolute atomic E-state index is 4.80. The smallest absolute Gasteiger partial charge is 0.129 e. The molecule has 2 nitrogen and oxygen atoms in total. The van der Waals surface area contributed by atoms with Gasteiger partial charge in [0.1, 0.15) is 5.82 Å². The van der Waals surface area contributed by atoms with E-state index in [1.807, 2.05) is 0 Å². The zero-order chi connectivity index (χ0) is 16.9. The molecule has 122 valence electrons. The summed E-state index contributed by atoms with van der Waals surface area (Å²) >= 11 is 0. The van der Waals surface area contributed by atoms with Gasteiger partial charge in [-0.15, -0.1) is 0 Å². The van der Waals surface area contributed by atoms with E-state index in [-0.39, 0.29) is 0 Å². The normalized spacial score (nSPS) is 10.8.